The molecule has 28 heavy (non-hydrogen) atoms. The number of fused-ring (bicyclic) bond motifs is 1. The highest BCUT2D eigenvalue weighted by Crippen LogP contribution is 2.20. The van der Waals surface area contributed by atoms with Gasteiger partial charge in [0, 0.05) is 38.9 Å². The van der Waals surface area contributed by atoms with Crippen LogP contribution in [0.1, 0.15) is 5.69 Å². The SMILES string of the molecule is Nc1nc(N2CCN(Cc3n[nH]cc3Br)CC2)nc2nc(-c3ccco3)nn12. The van der Waals surface area contributed by atoms with Gasteiger partial charge in [-0.25, -0.2) is 0 Å². The number of nitrogens with two attached hydrogens (primary N) is 1. The third-order valence-electron chi connectivity index (χ3n) is 4.66. The number of H-pyrrole nitrogens is 1. The number of hydrogen-bond acceptors (Lipinski definition) is 9. The van der Waals surface area contributed by atoms with Crippen LogP contribution >= 0.6 is 15.9 Å². The van der Waals surface area contributed by atoms with Crippen molar-refractivity contribution in [3.05, 3.63) is 34.8 Å². The maximum atomic E-state index is 6.09. The predicted molar refractivity (Wildman–Crippen MR) is 104 cm³/mol. The van der Waals surface area contributed by atoms with E-state index in [9.17, 15) is 0 Å². The van der Waals surface area contributed by atoms with Crippen LogP contribution in [0, 0.1) is 0 Å². The van der Waals surface area contributed by atoms with E-state index in [1.165, 1.54) is 4.52 Å². The van der Waals surface area contributed by atoms with Crippen LogP contribution in [0.5, 0.6) is 0 Å². The molecule has 5 heterocycles. The molecule has 3 N–H and O–H groups in total. The molecule has 0 bridgehead atoms. The lowest BCUT2D eigenvalue weighted by atomic mass is 10.3. The van der Waals surface area contributed by atoms with Crippen molar-refractivity contribution < 1.29 is 4.42 Å². The molecule has 12 heteroatoms. The molecule has 0 aromatic carbocycles. The number of nitrogens with one attached hydrogen (secondary N) is 1. The molecule has 0 spiro atoms. The highest BCUT2D eigenvalue weighted by atomic mass is 79.9. The first-order valence-electron chi connectivity index (χ1n) is 8.77. The minimum atomic E-state index is 0.244. The summed E-state index contributed by atoms with van der Waals surface area (Å²) in [5, 5.41) is 11.5. The van der Waals surface area contributed by atoms with Crippen molar-refractivity contribution in [3.63, 3.8) is 0 Å². The van der Waals surface area contributed by atoms with Crippen LogP contribution in [0.2, 0.25) is 0 Å². The molecule has 11 nitrogen and oxygen atoms in total. The zero-order valence-electron chi connectivity index (χ0n) is 14.8. The molecule has 1 aliphatic rings. The van der Waals surface area contributed by atoms with Crippen LogP contribution in [-0.2, 0) is 6.54 Å². The van der Waals surface area contributed by atoms with Gasteiger partial charge in [0.1, 0.15) is 0 Å². The van der Waals surface area contributed by atoms with Crippen molar-refractivity contribution in [1.82, 2.24) is 39.7 Å². The summed E-state index contributed by atoms with van der Waals surface area (Å²) in [7, 11) is 0. The van der Waals surface area contributed by atoms with Crippen molar-refractivity contribution in [2.24, 2.45) is 0 Å². The van der Waals surface area contributed by atoms with E-state index in [-0.39, 0.29) is 5.95 Å². The molecule has 0 unspecified atom stereocenters. The van der Waals surface area contributed by atoms with Crippen LogP contribution < -0.4 is 10.6 Å². The van der Waals surface area contributed by atoms with Gasteiger partial charge in [0.05, 0.1) is 16.4 Å². The first-order chi connectivity index (χ1) is 13.7. The Morgan fingerprint density at radius 2 is 2.04 bits per heavy atom. The van der Waals surface area contributed by atoms with Gasteiger partial charge < -0.3 is 15.1 Å². The molecule has 5 rings (SSSR count). The number of aromatic nitrogens is 7. The topological polar surface area (TPSA) is 130 Å². The van der Waals surface area contributed by atoms with Gasteiger partial charge in [-0.3, -0.25) is 10.00 Å². The van der Waals surface area contributed by atoms with Crippen LogP contribution in [0.3, 0.4) is 0 Å². The average Bonchev–Trinajstić information content (AvgIpc) is 3.43. The van der Waals surface area contributed by atoms with E-state index >= 15 is 0 Å². The fraction of sp³-hybridized carbons (Fsp3) is 0.312. The van der Waals surface area contributed by atoms with Crippen LogP contribution in [-0.4, -0.2) is 65.8 Å². The number of halogens is 1. The Bertz CT molecular complexity index is 1100. The Labute approximate surface area is 167 Å². The zero-order chi connectivity index (χ0) is 19.1. The standard InChI is InChI=1S/C16H17BrN10O/c17-10-8-19-23-11(10)9-25-3-5-26(6-4-25)15-21-14(18)27-16(22-15)20-13(24-27)12-2-1-7-28-12/h1-2,7-8H,3-6,9H2,(H,19,23)(H2,18,20,21,22,24). The van der Waals surface area contributed by atoms with Crippen molar-refractivity contribution >= 4 is 33.6 Å². The van der Waals surface area contributed by atoms with Gasteiger partial charge >= 0.3 is 0 Å². The molecule has 1 saturated heterocycles. The first-order valence-corrected chi connectivity index (χ1v) is 9.56. The normalized spacial score (nSPS) is 15.5. The Morgan fingerprint density at radius 1 is 1.18 bits per heavy atom. The summed E-state index contributed by atoms with van der Waals surface area (Å²) >= 11 is 3.50. The van der Waals surface area contributed by atoms with Gasteiger partial charge in [0.2, 0.25) is 17.7 Å². The highest BCUT2D eigenvalue weighted by molar-refractivity contribution is 9.10. The summed E-state index contributed by atoms with van der Waals surface area (Å²) < 4.78 is 7.76. The van der Waals surface area contributed by atoms with Gasteiger partial charge in [0.15, 0.2) is 5.76 Å². The third kappa shape index (κ3) is 3.10. The largest absolute Gasteiger partial charge is 0.461 e. The zero-order valence-corrected chi connectivity index (χ0v) is 16.4. The summed E-state index contributed by atoms with van der Waals surface area (Å²) in [6.45, 7) is 4.11. The summed E-state index contributed by atoms with van der Waals surface area (Å²) in [5.74, 6) is 2.19. The van der Waals surface area contributed by atoms with Crippen LogP contribution in [0.4, 0.5) is 11.9 Å². The summed E-state index contributed by atoms with van der Waals surface area (Å²) in [5.41, 5.74) is 7.09. The molecule has 0 radical (unpaired) electrons. The molecule has 1 aliphatic heterocycles. The molecule has 0 amide bonds. The minimum absolute atomic E-state index is 0.244. The maximum absolute atomic E-state index is 6.09. The fourth-order valence-electron chi connectivity index (χ4n) is 3.18. The Balaban J connectivity index is 1.33. The predicted octanol–water partition coefficient (Wildman–Crippen LogP) is 1.17. The highest BCUT2D eigenvalue weighted by Gasteiger charge is 2.22. The van der Waals surface area contributed by atoms with Crippen LogP contribution in [0.25, 0.3) is 17.4 Å². The Morgan fingerprint density at radius 3 is 2.75 bits per heavy atom. The number of nitrogens with zero attached hydrogens (tertiary/aromatic N) is 8. The second-order valence-electron chi connectivity index (χ2n) is 6.45. The van der Waals surface area contributed by atoms with Gasteiger partial charge in [-0.05, 0) is 28.1 Å². The molecule has 4 aromatic rings. The lowest BCUT2D eigenvalue weighted by Gasteiger charge is -2.34. The summed E-state index contributed by atoms with van der Waals surface area (Å²) in [4.78, 5) is 17.8. The monoisotopic (exact) mass is 444 g/mol. The molecule has 144 valence electrons. The number of furan rings is 1. The van der Waals surface area contributed by atoms with E-state index in [0.29, 0.717) is 23.3 Å². The first kappa shape index (κ1) is 17.1. The number of nitrogen functional groups attached to an aromatic ring is 1. The van der Waals surface area contributed by atoms with E-state index in [0.717, 1.165) is 42.9 Å². The van der Waals surface area contributed by atoms with E-state index in [1.807, 2.05) is 6.20 Å². The minimum Gasteiger partial charge on any atom is -0.461 e. The number of piperazine rings is 1. The van der Waals surface area contributed by atoms with E-state index in [1.54, 1.807) is 18.4 Å². The summed E-state index contributed by atoms with van der Waals surface area (Å²) in [6.07, 6.45) is 3.41. The molecular weight excluding hydrogens is 428 g/mol. The van der Waals surface area contributed by atoms with E-state index in [4.69, 9.17) is 10.2 Å². The van der Waals surface area contributed by atoms with Gasteiger partial charge in [-0.1, -0.05) is 0 Å². The fourth-order valence-corrected chi connectivity index (χ4v) is 3.49. The van der Waals surface area contributed by atoms with Gasteiger partial charge in [0.25, 0.3) is 5.78 Å². The maximum Gasteiger partial charge on any atom is 0.259 e. The molecule has 4 aromatic heterocycles. The number of hydrogen-bond donors (Lipinski definition) is 2. The number of anilines is 2. The number of rotatable bonds is 4. The lowest BCUT2D eigenvalue weighted by Crippen LogP contribution is -2.46. The van der Waals surface area contributed by atoms with E-state index < -0.39 is 0 Å². The van der Waals surface area contributed by atoms with Crippen molar-refractivity contribution in [2.45, 2.75) is 6.54 Å². The molecule has 0 aliphatic carbocycles. The Kier molecular flexibility index (Phi) is 4.20. The lowest BCUT2D eigenvalue weighted by molar-refractivity contribution is 0.245. The van der Waals surface area contributed by atoms with Crippen molar-refractivity contribution in [3.8, 4) is 11.6 Å². The van der Waals surface area contributed by atoms with E-state index in [2.05, 4.69) is 56.0 Å². The third-order valence-corrected chi connectivity index (χ3v) is 5.34. The van der Waals surface area contributed by atoms with Crippen molar-refractivity contribution in [1.29, 1.82) is 0 Å². The quantitative estimate of drug-likeness (QED) is 0.475. The summed E-state index contributed by atoms with van der Waals surface area (Å²) in [6, 6.07) is 3.57. The van der Waals surface area contributed by atoms with Gasteiger partial charge in [-0.15, -0.1) is 5.10 Å². The van der Waals surface area contributed by atoms with Crippen LogP contribution in [0.15, 0.2) is 33.5 Å². The molecule has 0 saturated carbocycles. The van der Waals surface area contributed by atoms with Gasteiger partial charge in [-0.2, -0.15) is 24.6 Å². The number of aromatic amines is 1. The average molecular weight is 445 g/mol. The Hall–Kier alpha value is -2.99. The van der Waals surface area contributed by atoms with Crippen molar-refractivity contribution in [2.75, 3.05) is 36.8 Å². The second-order valence-corrected chi connectivity index (χ2v) is 7.30. The smallest absolute Gasteiger partial charge is 0.259 e. The molecule has 0 atom stereocenters. The molecular formula is C16H17BrN10O. The second kappa shape index (κ2) is 6.87. The molecule has 1 fully saturated rings.